The van der Waals surface area contributed by atoms with Gasteiger partial charge in [-0.25, -0.2) is 0 Å². The molecule has 2 fully saturated rings. The van der Waals surface area contributed by atoms with Crippen LogP contribution in [0.15, 0.2) is 0 Å². The van der Waals surface area contributed by atoms with Gasteiger partial charge in [-0.2, -0.15) is 0 Å². The van der Waals surface area contributed by atoms with Gasteiger partial charge in [0.05, 0.1) is 0 Å². The number of fused-ring (bicyclic) bond motifs is 1. The fraction of sp³-hybridized carbons (Fsp3) is 0.857. The lowest BCUT2D eigenvalue weighted by molar-refractivity contribution is 0.621. The molecule has 2 atom stereocenters. The monoisotopic (exact) mass is 95.1 g/mol. The molecule has 0 aliphatic heterocycles. The molecule has 2 rings (SSSR count). The zero-order valence-corrected chi connectivity index (χ0v) is 4.78. The topological polar surface area (TPSA) is 0 Å². The molecule has 0 aromatic heterocycles. The number of hydrogen-bond donors (Lipinski definition) is 0. The molecule has 0 N–H and O–H groups in total. The molecule has 0 nitrogen and oxygen atoms in total. The standard InChI is InChI=1S/C7H11/c1-5-2-3-6-4-7(5)6/h5-6H,2-4H2,1H3. The Labute approximate surface area is 44.9 Å². The van der Waals surface area contributed by atoms with E-state index < -0.39 is 0 Å². The van der Waals surface area contributed by atoms with E-state index >= 15 is 0 Å². The van der Waals surface area contributed by atoms with E-state index in [1.54, 1.807) is 0 Å². The van der Waals surface area contributed by atoms with Crippen molar-refractivity contribution in [3.63, 3.8) is 0 Å². The summed E-state index contributed by atoms with van der Waals surface area (Å²) in [6.45, 7) is 2.36. The normalized spacial score (nSPS) is 49.3. The highest BCUT2D eigenvalue weighted by atomic mass is 14.5. The van der Waals surface area contributed by atoms with Gasteiger partial charge in [0, 0.05) is 0 Å². The maximum Gasteiger partial charge on any atom is -0.0179 e. The summed E-state index contributed by atoms with van der Waals surface area (Å²) in [5.74, 6) is 3.99. The fourth-order valence-electron chi connectivity index (χ4n) is 1.75. The van der Waals surface area contributed by atoms with Gasteiger partial charge in [-0.3, -0.25) is 0 Å². The molecular weight excluding hydrogens is 84.1 g/mol. The van der Waals surface area contributed by atoms with Gasteiger partial charge in [0.15, 0.2) is 0 Å². The maximum atomic E-state index is 2.36. The van der Waals surface area contributed by atoms with E-state index in [0.717, 1.165) is 11.8 Å². The Kier molecular flexibility index (Phi) is 0.586. The second kappa shape index (κ2) is 1.04. The van der Waals surface area contributed by atoms with Crippen molar-refractivity contribution < 1.29 is 0 Å². The lowest BCUT2D eigenvalue weighted by Gasteiger charge is -1.97. The minimum atomic E-state index is 1.00. The van der Waals surface area contributed by atoms with Crippen molar-refractivity contribution in [2.75, 3.05) is 0 Å². The molecule has 0 heterocycles. The van der Waals surface area contributed by atoms with Crippen LogP contribution in [0.1, 0.15) is 26.2 Å². The van der Waals surface area contributed by atoms with Gasteiger partial charge < -0.3 is 0 Å². The third-order valence-electron chi connectivity index (χ3n) is 2.43. The Balaban J connectivity index is 2.08. The van der Waals surface area contributed by atoms with Crippen molar-refractivity contribution in [3.8, 4) is 0 Å². The minimum absolute atomic E-state index is 1.00. The molecule has 2 aliphatic rings. The molecule has 0 spiro atoms. The van der Waals surface area contributed by atoms with Crippen LogP contribution in [0.3, 0.4) is 0 Å². The van der Waals surface area contributed by atoms with E-state index in [-0.39, 0.29) is 0 Å². The van der Waals surface area contributed by atoms with Gasteiger partial charge in [-0.05, 0) is 37.0 Å². The summed E-state index contributed by atoms with van der Waals surface area (Å²) in [4.78, 5) is 0. The molecule has 2 saturated carbocycles. The Morgan fingerprint density at radius 1 is 1.43 bits per heavy atom. The first kappa shape index (κ1) is 3.94. The van der Waals surface area contributed by atoms with Gasteiger partial charge in [0.2, 0.25) is 0 Å². The first-order valence-corrected chi connectivity index (χ1v) is 3.23. The summed E-state index contributed by atoms with van der Waals surface area (Å²) in [5, 5.41) is 0. The summed E-state index contributed by atoms with van der Waals surface area (Å²) in [6.07, 6.45) is 4.48. The van der Waals surface area contributed by atoms with Crippen LogP contribution in [0.2, 0.25) is 0 Å². The van der Waals surface area contributed by atoms with Crippen molar-refractivity contribution in [1.82, 2.24) is 0 Å². The summed E-state index contributed by atoms with van der Waals surface area (Å²) in [6, 6.07) is 0. The molecular formula is C7H11. The average molecular weight is 95.2 g/mol. The summed E-state index contributed by atoms with van der Waals surface area (Å²) < 4.78 is 0. The Morgan fingerprint density at radius 2 is 2.29 bits per heavy atom. The highest BCUT2D eigenvalue weighted by Crippen LogP contribution is 2.56. The molecule has 0 bridgehead atoms. The average Bonchev–Trinajstić information content (AvgIpc) is 2.33. The molecule has 2 unspecified atom stereocenters. The molecule has 0 saturated heterocycles. The van der Waals surface area contributed by atoms with Crippen molar-refractivity contribution in [1.29, 1.82) is 0 Å². The molecule has 0 heteroatoms. The minimum Gasteiger partial charge on any atom is -0.0619 e. The summed E-state index contributed by atoms with van der Waals surface area (Å²) in [5.41, 5.74) is 0. The third-order valence-corrected chi connectivity index (χ3v) is 2.43. The van der Waals surface area contributed by atoms with E-state index in [1.807, 2.05) is 5.92 Å². The largest absolute Gasteiger partial charge is 0.0619 e. The quantitative estimate of drug-likeness (QED) is 0.431. The maximum absolute atomic E-state index is 2.36. The van der Waals surface area contributed by atoms with E-state index in [1.165, 1.54) is 19.3 Å². The summed E-state index contributed by atoms with van der Waals surface area (Å²) >= 11 is 0. The van der Waals surface area contributed by atoms with Crippen molar-refractivity contribution in [2.24, 2.45) is 11.8 Å². The van der Waals surface area contributed by atoms with Gasteiger partial charge >= 0.3 is 0 Å². The van der Waals surface area contributed by atoms with Crippen LogP contribution >= 0.6 is 0 Å². The zero-order valence-electron chi connectivity index (χ0n) is 4.78. The molecule has 0 aromatic rings. The lowest BCUT2D eigenvalue weighted by Crippen LogP contribution is -1.86. The summed E-state index contributed by atoms with van der Waals surface area (Å²) in [7, 11) is 0. The van der Waals surface area contributed by atoms with Crippen molar-refractivity contribution >= 4 is 0 Å². The third kappa shape index (κ3) is 0.427. The second-order valence-electron chi connectivity index (χ2n) is 2.95. The molecule has 39 valence electrons. The van der Waals surface area contributed by atoms with Crippen LogP contribution in [0.5, 0.6) is 0 Å². The predicted octanol–water partition coefficient (Wildman–Crippen LogP) is 2.01. The van der Waals surface area contributed by atoms with Crippen molar-refractivity contribution in [2.45, 2.75) is 26.2 Å². The second-order valence-corrected chi connectivity index (χ2v) is 2.95. The van der Waals surface area contributed by atoms with Gasteiger partial charge in [-0.1, -0.05) is 6.92 Å². The van der Waals surface area contributed by atoms with Crippen LogP contribution in [-0.2, 0) is 0 Å². The van der Waals surface area contributed by atoms with Gasteiger partial charge in [0.25, 0.3) is 0 Å². The predicted molar refractivity (Wildman–Crippen MR) is 29.7 cm³/mol. The molecule has 0 amide bonds. The van der Waals surface area contributed by atoms with E-state index in [0.29, 0.717) is 0 Å². The van der Waals surface area contributed by atoms with Crippen LogP contribution in [0.25, 0.3) is 0 Å². The van der Waals surface area contributed by atoms with Gasteiger partial charge in [0.1, 0.15) is 0 Å². The van der Waals surface area contributed by atoms with Crippen molar-refractivity contribution in [3.05, 3.63) is 5.92 Å². The van der Waals surface area contributed by atoms with Crippen LogP contribution in [-0.4, -0.2) is 0 Å². The first-order chi connectivity index (χ1) is 3.38. The lowest BCUT2D eigenvalue weighted by atomic mass is 10.1. The SMILES string of the molecule is CC1CCC2C[C]12. The van der Waals surface area contributed by atoms with E-state index in [2.05, 4.69) is 6.92 Å². The van der Waals surface area contributed by atoms with Crippen LogP contribution in [0.4, 0.5) is 0 Å². The Morgan fingerprint density at radius 3 is 2.43 bits per heavy atom. The first-order valence-electron chi connectivity index (χ1n) is 3.23. The highest BCUT2D eigenvalue weighted by Gasteiger charge is 2.46. The highest BCUT2D eigenvalue weighted by molar-refractivity contribution is 5.20. The fourth-order valence-corrected chi connectivity index (χ4v) is 1.75. The van der Waals surface area contributed by atoms with E-state index in [4.69, 9.17) is 0 Å². The zero-order chi connectivity index (χ0) is 4.85. The molecule has 7 heavy (non-hydrogen) atoms. The van der Waals surface area contributed by atoms with Gasteiger partial charge in [-0.15, -0.1) is 0 Å². The molecule has 2 aliphatic carbocycles. The molecule has 1 radical (unpaired) electrons. The van der Waals surface area contributed by atoms with Crippen LogP contribution in [0, 0.1) is 17.8 Å². The Bertz CT molecular complexity index is 86.0. The number of hydrogen-bond acceptors (Lipinski definition) is 0. The van der Waals surface area contributed by atoms with E-state index in [9.17, 15) is 0 Å². The Hall–Kier alpha value is 0. The smallest absolute Gasteiger partial charge is 0.0179 e. The number of rotatable bonds is 0. The van der Waals surface area contributed by atoms with Crippen LogP contribution < -0.4 is 0 Å². The molecule has 0 aromatic carbocycles.